The normalized spacial score (nSPS) is 10.2. The minimum Gasteiger partial charge on any atom is -0.436 e. The van der Waals surface area contributed by atoms with Crippen molar-refractivity contribution >= 4 is 17.4 Å². The maximum absolute atomic E-state index is 8.85. The molecule has 0 unspecified atom stereocenters. The van der Waals surface area contributed by atoms with Gasteiger partial charge in [-0.15, -0.1) is 0 Å². The first kappa shape index (κ1) is 11.5. The molecule has 0 spiro atoms. The fourth-order valence-corrected chi connectivity index (χ4v) is 2.05. The molecule has 86 valence electrons. The van der Waals surface area contributed by atoms with Crippen LogP contribution in [0.25, 0.3) is 0 Å². The van der Waals surface area contributed by atoms with E-state index in [9.17, 15) is 0 Å². The number of aryl methyl sites for hydroxylation is 2. The number of hydrogen-bond acceptors (Lipinski definition) is 6. The van der Waals surface area contributed by atoms with Crippen LogP contribution in [0, 0.1) is 25.2 Å². The Kier molecular flexibility index (Phi) is 3.02. The lowest BCUT2D eigenvalue weighted by Crippen LogP contribution is -1.95. The third-order valence-electron chi connectivity index (χ3n) is 2.27. The summed E-state index contributed by atoms with van der Waals surface area (Å²) in [5.41, 5.74) is 7.41. The molecule has 5 nitrogen and oxygen atoms in total. The molecule has 0 saturated heterocycles. The SMILES string of the molecule is Cc1nc(Sc2nccc(C#N)c2N)oc1C. The number of oxazole rings is 1. The maximum Gasteiger partial charge on any atom is 0.262 e. The van der Waals surface area contributed by atoms with Gasteiger partial charge in [-0.2, -0.15) is 5.26 Å². The molecule has 6 heteroatoms. The van der Waals surface area contributed by atoms with Gasteiger partial charge in [0.15, 0.2) is 0 Å². The largest absolute Gasteiger partial charge is 0.436 e. The third-order valence-corrected chi connectivity index (χ3v) is 3.13. The first-order valence-electron chi connectivity index (χ1n) is 4.88. The van der Waals surface area contributed by atoms with E-state index in [2.05, 4.69) is 9.97 Å². The van der Waals surface area contributed by atoms with Crippen LogP contribution < -0.4 is 5.73 Å². The second-order valence-corrected chi connectivity index (χ2v) is 4.35. The van der Waals surface area contributed by atoms with Crippen LogP contribution in [0.3, 0.4) is 0 Å². The Bertz CT molecular complexity index is 581. The average molecular weight is 246 g/mol. The third kappa shape index (κ3) is 2.24. The van der Waals surface area contributed by atoms with Gasteiger partial charge >= 0.3 is 0 Å². The van der Waals surface area contributed by atoms with Crippen molar-refractivity contribution < 1.29 is 4.42 Å². The van der Waals surface area contributed by atoms with Crippen LogP contribution in [0.1, 0.15) is 17.0 Å². The van der Waals surface area contributed by atoms with Gasteiger partial charge in [0.1, 0.15) is 16.9 Å². The molecule has 0 radical (unpaired) electrons. The van der Waals surface area contributed by atoms with E-state index in [4.69, 9.17) is 15.4 Å². The number of nitrogen functional groups attached to an aromatic ring is 1. The van der Waals surface area contributed by atoms with E-state index >= 15 is 0 Å². The molecule has 0 aliphatic rings. The molecule has 0 amide bonds. The van der Waals surface area contributed by atoms with Crippen LogP contribution >= 0.6 is 11.8 Å². The van der Waals surface area contributed by atoms with Crippen molar-refractivity contribution in [3.05, 3.63) is 29.3 Å². The first-order valence-corrected chi connectivity index (χ1v) is 5.70. The molecule has 0 saturated carbocycles. The molecule has 0 fully saturated rings. The minimum absolute atomic E-state index is 0.355. The number of rotatable bonds is 2. The molecule has 2 aromatic heterocycles. The van der Waals surface area contributed by atoms with Crippen LogP contribution in [-0.4, -0.2) is 9.97 Å². The maximum atomic E-state index is 8.85. The van der Waals surface area contributed by atoms with Crippen molar-refractivity contribution in [3.8, 4) is 6.07 Å². The minimum atomic E-state index is 0.355. The Morgan fingerprint density at radius 2 is 2.24 bits per heavy atom. The number of nitrogens with zero attached hydrogens (tertiary/aromatic N) is 3. The number of anilines is 1. The lowest BCUT2D eigenvalue weighted by Gasteiger charge is -2.01. The molecule has 17 heavy (non-hydrogen) atoms. The summed E-state index contributed by atoms with van der Waals surface area (Å²) in [5.74, 6) is 0.766. The fourth-order valence-electron chi connectivity index (χ4n) is 1.20. The molecule has 0 aliphatic heterocycles. The number of pyridine rings is 1. The Labute approximate surface area is 103 Å². The van der Waals surface area contributed by atoms with E-state index in [1.165, 1.54) is 11.8 Å². The highest BCUT2D eigenvalue weighted by molar-refractivity contribution is 7.99. The van der Waals surface area contributed by atoms with Crippen molar-refractivity contribution in [1.29, 1.82) is 5.26 Å². The Balaban J connectivity index is 2.34. The number of nitriles is 1. The predicted octanol–water partition coefficient (Wildman–Crippen LogP) is 2.29. The summed E-state index contributed by atoms with van der Waals surface area (Å²) in [6, 6.07) is 3.58. The molecular weight excluding hydrogens is 236 g/mol. The second kappa shape index (κ2) is 4.47. The van der Waals surface area contributed by atoms with Gasteiger partial charge in [-0.25, -0.2) is 9.97 Å². The molecule has 0 aliphatic carbocycles. The topological polar surface area (TPSA) is 88.7 Å². The summed E-state index contributed by atoms with van der Waals surface area (Å²) in [6.07, 6.45) is 1.54. The molecule has 0 bridgehead atoms. The van der Waals surface area contributed by atoms with Gasteiger partial charge in [0.25, 0.3) is 5.22 Å². The summed E-state index contributed by atoms with van der Waals surface area (Å²) in [7, 11) is 0. The average Bonchev–Trinajstić information content (AvgIpc) is 2.61. The zero-order chi connectivity index (χ0) is 12.4. The van der Waals surface area contributed by atoms with E-state index < -0.39 is 0 Å². The zero-order valence-corrected chi connectivity index (χ0v) is 10.2. The van der Waals surface area contributed by atoms with Crippen molar-refractivity contribution in [2.24, 2.45) is 0 Å². The van der Waals surface area contributed by atoms with Gasteiger partial charge < -0.3 is 10.2 Å². The summed E-state index contributed by atoms with van der Waals surface area (Å²) in [6.45, 7) is 3.71. The quantitative estimate of drug-likeness (QED) is 0.874. The van der Waals surface area contributed by atoms with E-state index in [0.717, 1.165) is 11.5 Å². The summed E-state index contributed by atoms with van der Waals surface area (Å²) < 4.78 is 5.42. The summed E-state index contributed by atoms with van der Waals surface area (Å²) in [5, 5.41) is 9.86. The Morgan fingerprint density at radius 1 is 1.47 bits per heavy atom. The van der Waals surface area contributed by atoms with E-state index in [-0.39, 0.29) is 0 Å². The fraction of sp³-hybridized carbons (Fsp3) is 0.182. The van der Waals surface area contributed by atoms with Gasteiger partial charge in [-0.3, -0.25) is 0 Å². The Hall–Kier alpha value is -2.00. The number of hydrogen-bond donors (Lipinski definition) is 1. The highest BCUT2D eigenvalue weighted by Gasteiger charge is 2.12. The van der Waals surface area contributed by atoms with Crippen LogP contribution in [0.15, 0.2) is 26.9 Å². The van der Waals surface area contributed by atoms with Gasteiger partial charge in [-0.1, -0.05) is 0 Å². The van der Waals surface area contributed by atoms with Crippen molar-refractivity contribution in [2.45, 2.75) is 24.1 Å². The smallest absolute Gasteiger partial charge is 0.262 e. The predicted molar refractivity (Wildman–Crippen MR) is 63.5 cm³/mol. The monoisotopic (exact) mass is 246 g/mol. The van der Waals surface area contributed by atoms with Gasteiger partial charge in [-0.05, 0) is 31.7 Å². The van der Waals surface area contributed by atoms with E-state index in [1.807, 2.05) is 19.9 Å². The zero-order valence-electron chi connectivity index (χ0n) is 9.39. The standard InChI is InChI=1S/C11H10N4OS/c1-6-7(2)16-11(15-6)17-10-9(13)8(5-12)3-4-14-10/h3-4H,13H2,1-2H3. The van der Waals surface area contributed by atoms with Crippen LogP contribution in [0.5, 0.6) is 0 Å². The molecular formula is C11H10N4OS. The van der Waals surface area contributed by atoms with Crippen LogP contribution in [-0.2, 0) is 0 Å². The molecule has 2 N–H and O–H groups in total. The summed E-state index contributed by atoms with van der Waals surface area (Å²) in [4.78, 5) is 8.33. The molecule has 2 rings (SSSR count). The molecule has 0 atom stereocenters. The van der Waals surface area contributed by atoms with Crippen molar-refractivity contribution in [1.82, 2.24) is 9.97 Å². The van der Waals surface area contributed by atoms with Crippen LogP contribution in [0.2, 0.25) is 0 Å². The van der Waals surface area contributed by atoms with E-state index in [0.29, 0.717) is 21.5 Å². The number of aromatic nitrogens is 2. The first-order chi connectivity index (χ1) is 8.11. The lowest BCUT2D eigenvalue weighted by atomic mass is 10.2. The molecule has 0 aromatic carbocycles. The highest BCUT2D eigenvalue weighted by Crippen LogP contribution is 2.31. The number of nitrogens with two attached hydrogens (primary N) is 1. The van der Waals surface area contributed by atoms with Gasteiger partial charge in [0, 0.05) is 6.20 Å². The van der Waals surface area contributed by atoms with Gasteiger partial charge in [0.05, 0.1) is 16.9 Å². The molecule has 2 aromatic rings. The highest BCUT2D eigenvalue weighted by atomic mass is 32.2. The van der Waals surface area contributed by atoms with Crippen molar-refractivity contribution in [3.63, 3.8) is 0 Å². The summed E-state index contributed by atoms with van der Waals surface area (Å²) >= 11 is 1.21. The Morgan fingerprint density at radius 3 is 2.82 bits per heavy atom. The van der Waals surface area contributed by atoms with Gasteiger partial charge in [0.2, 0.25) is 0 Å². The van der Waals surface area contributed by atoms with Crippen molar-refractivity contribution in [2.75, 3.05) is 5.73 Å². The second-order valence-electron chi connectivity index (χ2n) is 3.41. The molecule has 2 heterocycles. The lowest BCUT2D eigenvalue weighted by molar-refractivity contribution is 0.431. The van der Waals surface area contributed by atoms with E-state index in [1.54, 1.807) is 12.3 Å². The van der Waals surface area contributed by atoms with Crippen LogP contribution in [0.4, 0.5) is 5.69 Å².